The zero-order valence-electron chi connectivity index (χ0n) is 14.5. The number of rotatable bonds is 13. The van der Waals surface area contributed by atoms with Crippen molar-refractivity contribution in [2.75, 3.05) is 0 Å². The van der Waals surface area contributed by atoms with Crippen molar-refractivity contribution in [1.82, 2.24) is 0 Å². The average molecular weight is 346 g/mol. The summed E-state index contributed by atoms with van der Waals surface area (Å²) in [5, 5.41) is 47.5. The van der Waals surface area contributed by atoms with E-state index in [1.807, 2.05) is 0 Å². The molecule has 0 saturated heterocycles. The molecule has 1 rings (SSSR count). The minimum atomic E-state index is -0.829. The minimum Gasteiger partial charge on any atom is -0.481 e. The Hall–Kier alpha value is -0.690. The van der Waals surface area contributed by atoms with Gasteiger partial charge in [0.2, 0.25) is 0 Å². The second-order valence-corrected chi connectivity index (χ2v) is 7.16. The lowest BCUT2D eigenvalue weighted by molar-refractivity contribution is -0.137. The highest BCUT2D eigenvalue weighted by Crippen LogP contribution is 2.30. The highest BCUT2D eigenvalue weighted by molar-refractivity contribution is 5.66. The molecule has 0 spiro atoms. The Morgan fingerprint density at radius 2 is 1.46 bits per heavy atom. The van der Waals surface area contributed by atoms with Gasteiger partial charge in [0.25, 0.3) is 0 Å². The van der Waals surface area contributed by atoms with E-state index in [4.69, 9.17) is 5.11 Å². The number of carbonyl (C=O) groups is 1. The maximum absolute atomic E-state index is 10.4. The van der Waals surface area contributed by atoms with E-state index in [2.05, 4.69) is 0 Å². The third kappa shape index (κ3) is 8.42. The molecule has 5 N–H and O–H groups in total. The molecule has 142 valence electrons. The Kier molecular flexibility index (Phi) is 10.5. The standard InChI is InChI=1S/C18H34O6/c19-14(15(20)9-5-6-10-17(22)23)8-4-2-1-3-7-13-11-12-16(21)18(13)24/h13-16,18-21,24H,1-12H2,(H,22,23)/t13-,14+,15+,16+,18+/m0/s1. The molecule has 6 heteroatoms. The van der Waals surface area contributed by atoms with Crippen LogP contribution in [-0.4, -0.2) is 55.9 Å². The van der Waals surface area contributed by atoms with Crippen molar-refractivity contribution in [3.63, 3.8) is 0 Å². The van der Waals surface area contributed by atoms with Crippen LogP contribution in [0.1, 0.15) is 77.0 Å². The van der Waals surface area contributed by atoms with Gasteiger partial charge in [-0.15, -0.1) is 0 Å². The van der Waals surface area contributed by atoms with E-state index in [1.54, 1.807) is 0 Å². The molecule has 0 aromatic carbocycles. The monoisotopic (exact) mass is 346 g/mol. The molecule has 5 atom stereocenters. The molecule has 1 saturated carbocycles. The quantitative estimate of drug-likeness (QED) is 0.325. The summed E-state index contributed by atoms with van der Waals surface area (Å²) in [6, 6.07) is 0. The van der Waals surface area contributed by atoms with Gasteiger partial charge in [-0.05, 0) is 44.4 Å². The van der Waals surface area contributed by atoms with Crippen molar-refractivity contribution < 1.29 is 30.3 Å². The van der Waals surface area contributed by atoms with Crippen LogP contribution in [0.15, 0.2) is 0 Å². The molecule has 1 aliphatic rings. The van der Waals surface area contributed by atoms with Crippen LogP contribution < -0.4 is 0 Å². The SMILES string of the molecule is O=C(O)CCCC[C@@H](O)[C@H](O)CCCCCC[C@H]1CC[C@@H](O)[C@@H]1O. The zero-order chi connectivity index (χ0) is 17.9. The molecule has 1 aliphatic carbocycles. The summed E-state index contributed by atoms with van der Waals surface area (Å²) in [6.45, 7) is 0. The second-order valence-electron chi connectivity index (χ2n) is 7.16. The van der Waals surface area contributed by atoms with Gasteiger partial charge in [-0.1, -0.05) is 32.1 Å². The lowest BCUT2D eigenvalue weighted by Gasteiger charge is -2.18. The van der Waals surface area contributed by atoms with Crippen molar-refractivity contribution in [2.45, 2.75) is 101 Å². The Labute approximate surface area is 144 Å². The highest BCUT2D eigenvalue weighted by atomic mass is 16.4. The van der Waals surface area contributed by atoms with E-state index < -0.39 is 30.4 Å². The average Bonchev–Trinajstić information content (AvgIpc) is 2.86. The van der Waals surface area contributed by atoms with Gasteiger partial charge in [0.1, 0.15) is 0 Å². The van der Waals surface area contributed by atoms with E-state index >= 15 is 0 Å². The molecule has 6 nitrogen and oxygen atoms in total. The molecule has 24 heavy (non-hydrogen) atoms. The first-order valence-electron chi connectivity index (χ1n) is 9.36. The third-order valence-electron chi connectivity index (χ3n) is 5.12. The summed E-state index contributed by atoms with van der Waals surface area (Å²) < 4.78 is 0. The fraction of sp³-hybridized carbons (Fsp3) is 0.944. The normalized spacial score (nSPS) is 26.4. The van der Waals surface area contributed by atoms with Gasteiger partial charge in [-0.25, -0.2) is 0 Å². The predicted molar refractivity (Wildman–Crippen MR) is 90.6 cm³/mol. The summed E-state index contributed by atoms with van der Waals surface area (Å²) in [6.07, 6.45) is 6.03. The van der Waals surface area contributed by atoms with Gasteiger partial charge < -0.3 is 25.5 Å². The highest BCUT2D eigenvalue weighted by Gasteiger charge is 2.32. The molecule has 0 aromatic heterocycles. The molecule has 0 radical (unpaired) electrons. The third-order valence-corrected chi connectivity index (χ3v) is 5.12. The van der Waals surface area contributed by atoms with E-state index in [9.17, 15) is 25.2 Å². The number of hydrogen-bond donors (Lipinski definition) is 5. The van der Waals surface area contributed by atoms with Crippen LogP contribution in [0.2, 0.25) is 0 Å². The van der Waals surface area contributed by atoms with E-state index in [-0.39, 0.29) is 12.3 Å². The van der Waals surface area contributed by atoms with E-state index in [1.165, 1.54) is 0 Å². The predicted octanol–water partition coefficient (Wildman–Crippen LogP) is 1.83. The zero-order valence-corrected chi connectivity index (χ0v) is 14.5. The van der Waals surface area contributed by atoms with Crippen LogP contribution in [0.25, 0.3) is 0 Å². The molecule has 1 fully saturated rings. The molecule has 0 amide bonds. The first-order valence-corrected chi connectivity index (χ1v) is 9.36. The fourth-order valence-corrected chi connectivity index (χ4v) is 3.48. The molecule has 0 heterocycles. The molecule has 0 bridgehead atoms. The smallest absolute Gasteiger partial charge is 0.303 e. The number of hydrogen-bond acceptors (Lipinski definition) is 5. The number of carboxylic acid groups (broad SMARTS) is 1. The van der Waals surface area contributed by atoms with Crippen molar-refractivity contribution in [3.8, 4) is 0 Å². The largest absolute Gasteiger partial charge is 0.481 e. The number of aliphatic hydroxyl groups excluding tert-OH is 4. The lowest BCUT2D eigenvalue weighted by atomic mass is 9.96. The minimum absolute atomic E-state index is 0.107. The van der Waals surface area contributed by atoms with Gasteiger partial charge >= 0.3 is 5.97 Å². The molecular formula is C18H34O6. The van der Waals surface area contributed by atoms with Gasteiger partial charge in [-0.3, -0.25) is 4.79 Å². The number of unbranched alkanes of at least 4 members (excludes halogenated alkanes) is 4. The maximum atomic E-state index is 10.4. The van der Waals surface area contributed by atoms with E-state index in [0.717, 1.165) is 38.5 Å². The van der Waals surface area contributed by atoms with Crippen molar-refractivity contribution in [2.24, 2.45) is 5.92 Å². The van der Waals surface area contributed by atoms with Crippen LogP contribution in [-0.2, 0) is 4.79 Å². The lowest BCUT2D eigenvalue weighted by Crippen LogP contribution is -2.25. The summed E-state index contributed by atoms with van der Waals surface area (Å²) >= 11 is 0. The van der Waals surface area contributed by atoms with E-state index in [0.29, 0.717) is 32.1 Å². The number of carboxylic acids is 1. The van der Waals surface area contributed by atoms with Gasteiger partial charge in [0.05, 0.1) is 24.4 Å². The Balaban J connectivity index is 1.97. The Bertz CT molecular complexity index is 348. The van der Waals surface area contributed by atoms with Crippen molar-refractivity contribution in [3.05, 3.63) is 0 Å². The van der Waals surface area contributed by atoms with Crippen LogP contribution >= 0.6 is 0 Å². The topological polar surface area (TPSA) is 118 Å². The van der Waals surface area contributed by atoms with Crippen LogP contribution in [0.3, 0.4) is 0 Å². The van der Waals surface area contributed by atoms with Crippen LogP contribution in [0.4, 0.5) is 0 Å². The fourth-order valence-electron chi connectivity index (χ4n) is 3.48. The van der Waals surface area contributed by atoms with Crippen molar-refractivity contribution in [1.29, 1.82) is 0 Å². The second kappa shape index (κ2) is 11.8. The molecule has 0 unspecified atom stereocenters. The maximum Gasteiger partial charge on any atom is 0.303 e. The number of aliphatic carboxylic acids is 1. The van der Waals surface area contributed by atoms with Gasteiger partial charge in [0, 0.05) is 6.42 Å². The van der Waals surface area contributed by atoms with Crippen LogP contribution in [0, 0.1) is 5.92 Å². The Morgan fingerprint density at radius 1 is 0.875 bits per heavy atom. The molecular weight excluding hydrogens is 312 g/mol. The van der Waals surface area contributed by atoms with Gasteiger partial charge in [0.15, 0.2) is 0 Å². The first kappa shape index (κ1) is 21.4. The summed E-state index contributed by atoms with van der Waals surface area (Å²) in [7, 11) is 0. The summed E-state index contributed by atoms with van der Waals surface area (Å²) in [5.74, 6) is -0.608. The number of aliphatic hydroxyl groups is 4. The first-order chi connectivity index (χ1) is 11.4. The summed E-state index contributed by atoms with van der Waals surface area (Å²) in [5.41, 5.74) is 0. The molecule has 0 aromatic rings. The Morgan fingerprint density at radius 3 is 2.00 bits per heavy atom. The van der Waals surface area contributed by atoms with Crippen molar-refractivity contribution >= 4 is 5.97 Å². The van der Waals surface area contributed by atoms with Gasteiger partial charge in [-0.2, -0.15) is 0 Å². The molecule has 0 aliphatic heterocycles. The summed E-state index contributed by atoms with van der Waals surface area (Å²) in [4.78, 5) is 10.4. The van der Waals surface area contributed by atoms with Crippen LogP contribution in [0.5, 0.6) is 0 Å².